The van der Waals surface area contributed by atoms with E-state index in [0.717, 1.165) is 6.54 Å². The van der Waals surface area contributed by atoms with Crippen molar-refractivity contribution in [2.75, 3.05) is 17.6 Å². The van der Waals surface area contributed by atoms with Crippen molar-refractivity contribution in [2.24, 2.45) is 5.41 Å². The van der Waals surface area contributed by atoms with Crippen LogP contribution < -0.4 is 11.1 Å². The van der Waals surface area contributed by atoms with E-state index in [2.05, 4.69) is 17.2 Å². The number of anilines is 2. The molecule has 0 amide bonds. The molecule has 0 spiro atoms. The Kier molecular flexibility index (Phi) is 2.69. The van der Waals surface area contributed by atoms with Crippen LogP contribution in [0, 0.1) is 16.7 Å². The maximum Gasteiger partial charge on any atom is 0.149 e. The van der Waals surface area contributed by atoms with Crippen LogP contribution in [0.1, 0.15) is 31.7 Å². The molecule has 84 valence electrons. The van der Waals surface area contributed by atoms with Crippen LogP contribution in [0.2, 0.25) is 0 Å². The summed E-state index contributed by atoms with van der Waals surface area (Å²) in [5.41, 5.74) is 7.32. The van der Waals surface area contributed by atoms with E-state index in [1.807, 2.05) is 6.07 Å². The van der Waals surface area contributed by atoms with Crippen molar-refractivity contribution in [1.82, 2.24) is 4.98 Å². The lowest BCUT2D eigenvalue weighted by molar-refractivity contribution is 0.521. The van der Waals surface area contributed by atoms with Crippen molar-refractivity contribution in [3.8, 4) is 6.07 Å². The molecule has 16 heavy (non-hydrogen) atoms. The summed E-state index contributed by atoms with van der Waals surface area (Å²) in [6.07, 6.45) is 5.31. The number of pyridine rings is 1. The Morgan fingerprint density at radius 3 is 2.88 bits per heavy atom. The molecular formula is C12H16N4. The molecular weight excluding hydrogens is 200 g/mol. The number of rotatable bonds is 4. The molecule has 1 aromatic heterocycles. The maximum atomic E-state index is 8.69. The fourth-order valence-corrected chi connectivity index (χ4v) is 1.79. The zero-order chi connectivity index (χ0) is 11.6. The second-order valence-corrected chi connectivity index (χ2v) is 4.48. The molecule has 0 aliphatic heterocycles. The van der Waals surface area contributed by atoms with Crippen LogP contribution >= 0.6 is 0 Å². The summed E-state index contributed by atoms with van der Waals surface area (Å²) >= 11 is 0. The lowest BCUT2D eigenvalue weighted by atomic mass is 10.0. The van der Waals surface area contributed by atoms with Crippen molar-refractivity contribution < 1.29 is 0 Å². The Bertz CT molecular complexity index is 429. The molecule has 0 aromatic carbocycles. The fraction of sp³-hybridized carbons (Fsp3) is 0.500. The van der Waals surface area contributed by atoms with Crippen molar-refractivity contribution in [3.05, 3.63) is 17.8 Å². The summed E-state index contributed by atoms with van der Waals surface area (Å²) in [4.78, 5) is 4.16. The third kappa shape index (κ3) is 2.08. The van der Waals surface area contributed by atoms with Gasteiger partial charge in [0.2, 0.25) is 0 Å². The summed E-state index contributed by atoms with van der Waals surface area (Å²) in [6, 6.07) is 3.67. The van der Waals surface area contributed by atoms with Gasteiger partial charge in [-0.2, -0.15) is 5.26 Å². The van der Waals surface area contributed by atoms with Crippen molar-refractivity contribution in [2.45, 2.75) is 26.2 Å². The average molecular weight is 216 g/mol. The van der Waals surface area contributed by atoms with Crippen molar-refractivity contribution in [3.63, 3.8) is 0 Å². The number of nitriles is 1. The second-order valence-electron chi connectivity index (χ2n) is 4.48. The highest BCUT2D eigenvalue weighted by Crippen LogP contribution is 2.48. The van der Waals surface area contributed by atoms with Gasteiger partial charge in [-0.15, -0.1) is 0 Å². The first-order valence-electron chi connectivity index (χ1n) is 5.58. The highest BCUT2D eigenvalue weighted by molar-refractivity contribution is 5.63. The van der Waals surface area contributed by atoms with Gasteiger partial charge in [-0.25, -0.2) is 4.98 Å². The van der Waals surface area contributed by atoms with E-state index in [9.17, 15) is 0 Å². The van der Waals surface area contributed by atoms with Gasteiger partial charge in [0.1, 0.15) is 11.9 Å². The van der Waals surface area contributed by atoms with Gasteiger partial charge in [0.15, 0.2) is 0 Å². The van der Waals surface area contributed by atoms with E-state index in [1.165, 1.54) is 19.3 Å². The van der Waals surface area contributed by atoms with Crippen LogP contribution in [0.15, 0.2) is 12.3 Å². The minimum Gasteiger partial charge on any atom is -0.396 e. The highest BCUT2D eigenvalue weighted by atomic mass is 15.0. The van der Waals surface area contributed by atoms with Crippen LogP contribution in [0.3, 0.4) is 0 Å². The SMILES string of the molecule is CCC1(CNc2ncc(C#N)cc2N)CC1. The first-order valence-corrected chi connectivity index (χ1v) is 5.58. The predicted molar refractivity (Wildman–Crippen MR) is 63.8 cm³/mol. The Balaban J connectivity index is 2.02. The van der Waals surface area contributed by atoms with Gasteiger partial charge < -0.3 is 11.1 Å². The van der Waals surface area contributed by atoms with E-state index in [0.29, 0.717) is 22.5 Å². The number of hydrogen-bond donors (Lipinski definition) is 2. The molecule has 0 bridgehead atoms. The standard InChI is InChI=1S/C12H16N4/c1-2-12(3-4-12)8-16-11-10(14)5-9(6-13)7-15-11/h5,7H,2-4,8,14H2,1H3,(H,15,16). The summed E-state index contributed by atoms with van der Waals surface area (Å²) in [5.74, 6) is 0.693. The first kappa shape index (κ1) is 10.7. The molecule has 0 saturated heterocycles. The summed E-state index contributed by atoms with van der Waals surface area (Å²) in [6.45, 7) is 3.14. The average Bonchev–Trinajstić information content (AvgIpc) is 3.08. The Hall–Kier alpha value is -1.76. The van der Waals surface area contributed by atoms with E-state index in [-0.39, 0.29) is 0 Å². The van der Waals surface area contributed by atoms with Crippen LogP contribution in [0.25, 0.3) is 0 Å². The zero-order valence-corrected chi connectivity index (χ0v) is 9.45. The number of hydrogen-bond acceptors (Lipinski definition) is 4. The quantitative estimate of drug-likeness (QED) is 0.808. The fourth-order valence-electron chi connectivity index (χ4n) is 1.79. The van der Waals surface area contributed by atoms with Crippen LogP contribution in [-0.2, 0) is 0 Å². The van der Waals surface area contributed by atoms with Crippen LogP contribution in [0.4, 0.5) is 11.5 Å². The Labute approximate surface area is 95.5 Å². The normalized spacial score (nSPS) is 16.5. The van der Waals surface area contributed by atoms with Crippen LogP contribution in [-0.4, -0.2) is 11.5 Å². The van der Waals surface area contributed by atoms with Gasteiger partial charge in [0.25, 0.3) is 0 Å². The van der Waals surface area contributed by atoms with Crippen LogP contribution in [0.5, 0.6) is 0 Å². The smallest absolute Gasteiger partial charge is 0.149 e. The Morgan fingerprint density at radius 1 is 1.62 bits per heavy atom. The molecule has 1 aromatic rings. The molecule has 0 atom stereocenters. The largest absolute Gasteiger partial charge is 0.396 e. The molecule has 2 rings (SSSR count). The Morgan fingerprint density at radius 2 is 2.38 bits per heavy atom. The molecule has 1 saturated carbocycles. The van der Waals surface area contributed by atoms with Crippen molar-refractivity contribution >= 4 is 11.5 Å². The molecule has 1 aliphatic carbocycles. The monoisotopic (exact) mass is 216 g/mol. The van der Waals surface area contributed by atoms with E-state index in [4.69, 9.17) is 11.0 Å². The number of aromatic nitrogens is 1. The molecule has 1 aliphatic rings. The molecule has 3 N–H and O–H groups in total. The third-order valence-corrected chi connectivity index (χ3v) is 3.38. The predicted octanol–water partition coefficient (Wildman–Crippen LogP) is 2.14. The molecule has 0 unspecified atom stereocenters. The topological polar surface area (TPSA) is 74.7 Å². The third-order valence-electron chi connectivity index (χ3n) is 3.38. The molecule has 4 nitrogen and oxygen atoms in total. The van der Waals surface area contributed by atoms with Gasteiger partial charge >= 0.3 is 0 Å². The number of nitrogen functional groups attached to an aromatic ring is 1. The minimum atomic E-state index is 0.460. The number of nitrogens with two attached hydrogens (primary N) is 1. The van der Waals surface area contributed by atoms with E-state index < -0.39 is 0 Å². The van der Waals surface area contributed by atoms with Gasteiger partial charge in [-0.1, -0.05) is 6.92 Å². The summed E-state index contributed by atoms with van der Waals surface area (Å²) < 4.78 is 0. The van der Waals surface area contributed by atoms with Gasteiger partial charge in [-0.05, 0) is 30.7 Å². The lowest BCUT2D eigenvalue weighted by Gasteiger charge is -2.14. The van der Waals surface area contributed by atoms with Gasteiger partial charge in [-0.3, -0.25) is 0 Å². The maximum absolute atomic E-state index is 8.69. The number of nitrogens with zero attached hydrogens (tertiary/aromatic N) is 2. The first-order chi connectivity index (χ1) is 7.69. The molecule has 0 radical (unpaired) electrons. The summed E-state index contributed by atoms with van der Waals surface area (Å²) in [7, 11) is 0. The van der Waals surface area contributed by atoms with Gasteiger partial charge in [0.05, 0.1) is 11.3 Å². The van der Waals surface area contributed by atoms with E-state index >= 15 is 0 Å². The second kappa shape index (κ2) is 4.01. The minimum absolute atomic E-state index is 0.460. The van der Waals surface area contributed by atoms with Gasteiger partial charge in [0, 0.05) is 12.7 Å². The molecule has 1 fully saturated rings. The molecule has 1 heterocycles. The molecule has 4 heteroatoms. The van der Waals surface area contributed by atoms with Crippen molar-refractivity contribution in [1.29, 1.82) is 5.26 Å². The lowest BCUT2D eigenvalue weighted by Crippen LogP contribution is -2.16. The van der Waals surface area contributed by atoms with E-state index in [1.54, 1.807) is 12.3 Å². The number of nitrogens with one attached hydrogen (secondary N) is 1. The summed E-state index contributed by atoms with van der Waals surface area (Å²) in [5, 5.41) is 12.0. The highest BCUT2D eigenvalue weighted by Gasteiger charge is 2.40. The zero-order valence-electron chi connectivity index (χ0n) is 9.45.